The molecule has 0 atom stereocenters. The molecule has 1 aromatic carbocycles. The largest absolute Gasteiger partial charge is 0.354 e. The van der Waals surface area contributed by atoms with Gasteiger partial charge in [0.05, 0.1) is 5.69 Å². The van der Waals surface area contributed by atoms with Gasteiger partial charge in [0.25, 0.3) is 0 Å². The second-order valence-electron chi connectivity index (χ2n) is 3.37. The Hall–Kier alpha value is -1.71. The van der Waals surface area contributed by atoms with E-state index in [2.05, 4.69) is 16.6 Å². The van der Waals surface area contributed by atoms with E-state index in [1.54, 1.807) is 18.2 Å². The Morgan fingerprint density at radius 3 is 2.50 bits per heavy atom. The van der Waals surface area contributed by atoms with Crippen molar-refractivity contribution < 1.29 is 13.3 Å². The van der Waals surface area contributed by atoms with Gasteiger partial charge in [0.2, 0.25) is 5.76 Å². The van der Waals surface area contributed by atoms with Crippen LogP contribution in [0.15, 0.2) is 40.9 Å². The van der Waals surface area contributed by atoms with E-state index in [-0.39, 0.29) is 5.56 Å². The van der Waals surface area contributed by atoms with Crippen LogP contribution >= 0.6 is 0 Å². The van der Waals surface area contributed by atoms with Gasteiger partial charge in [-0.1, -0.05) is 35.5 Å². The van der Waals surface area contributed by atoms with Crippen molar-refractivity contribution in [3.63, 3.8) is 0 Å². The summed E-state index contributed by atoms with van der Waals surface area (Å²) < 4.78 is 32.4. The van der Waals surface area contributed by atoms with Gasteiger partial charge in [0.1, 0.15) is 0 Å². The van der Waals surface area contributed by atoms with E-state index in [4.69, 9.17) is 0 Å². The fourth-order valence-corrected chi connectivity index (χ4v) is 1.37. The molecule has 0 aliphatic carbocycles. The van der Waals surface area contributed by atoms with Gasteiger partial charge in [-0.15, -0.1) is 0 Å². The van der Waals surface area contributed by atoms with Crippen LogP contribution in [-0.2, 0) is 12.3 Å². The number of nitrogens with zero attached hydrogens (tertiary/aromatic N) is 1. The number of benzene rings is 1. The van der Waals surface area contributed by atoms with Crippen molar-refractivity contribution >= 4 is 0 Å². The van der Waals surface area contributed by atoms with Crippen LogP contribution in [-0.4, -0.2) is 5.16 Å². The number of alkyl halides is 2. The summed E-state index contributed by atoms with van der Waals surface area (Å²) in [5.74, 6) is -3.60. The highest BCUT2D eigenvalue weighted by molar-refractivity contribution is 5.28. The molecule has 16 heavy (non-hydrogen) atoms. The van der Waals surface area contributed by atoms with Crippen molar-refractivity contribution in [3.8, 4) is 0 Å². The van der Waals surface area contributed by atoms with Crippen LogP contribution in [0.2, 0.25) is 0 Å². The van der Waals surface area contributed by atoms with Crippen LogP contribution in [0.3, 0.4) is 0 Å². The molecule has 1 aromatic heterocycles. The molecule has 0 fully saturated rings. The molecule has 83 valence electrons. The maximum Gasteiger partial charge on any atom is 0.332 e. The predicted molar refractivity (Wildman–Crippen MR) is 55.0 cm³/mol. The Morgan fingerprint density at radius 2 is 1.94 bits per heavy atom. The molecule has 0 bridgehead atoms. The molecule has 0 unspecified atom stereocenters. The number of hydrogen-bond acceptors (Lipinski definition) is 2. The van der Waals surface area contributed by atoms with Crippen LogP contribution in [0.5, 0.6) is 0 Å². The van der Waals surface area contributed by atoms with E-state index in [9.17, 15) is 8.78 Å². The minimum atomic E-state index is -3.15. The molecule has 1 heterocycles. The molecule has 2 rings (SSSR count). The molecule has 0 N–H and O–H groups in total. The summed E-state index contributed by atoms with van der Waals surface area (Å²) in [5.41, 5.74) is 0.312. The lowest BCUT2D eigenvalue weighted by Gasteiger charge is -2.12. The first kappa shape index (κ1) is 10.8. The van der Waals surface area contributed by atoms with Crippen LogP contribution in [0, 0.1) is 6.92 Å². The molecule has 0 spiro atoms. The third-order valence-electron chi connectivity index (χ3n) is 2.26. The van der Waals surface area contributed by atoms with Gasteiger partial charge in [-0.3, -0.25) is 0 Å². The normalized spacial score (nSPS) is 11.7. The maximum atomic E-state index is 13.9. The molecule has 4 heteroatoms. The molecule has 2 nitrogen and oxygen atoms in total. The van der Waals surface area contributed by atoms with Crippen molar-refractivity contribution in [1.29, 1.82) is 0 Å². The van der Waals surface area contributed by atoms with E-state index >= 15 is 0 Å². The highest BCUT2D eigenvalue weighted by Gasteiger charge is 2.38. The van der Waals surface area contributed by atoms with E-state index in [1.165, 1.54) is 18.2 Å². The standard InChI is InChI=1S/C12H10F2NO/c1-2-10-8-11(16-15-10)12(13,14)9-6-4-3-5-7-9/h3-8H,1-2H2. The third kappa shape index (κ3) is 1.83. The molecular formula is C12H10F2NO. The van der Waals surface area contributed by atoms with E-state index in [0.717, 1.165) is 0 Å². The molecule has 0 aliphatic heterocycles. The average Bonchev–Trinajstić information content (AvgIpc) is 2.79. The quantitative estimate of drug-likeness (QED) is 0.797. The molecule has 0 saturated heterocycles. The summed E-state index contributed by atoms with van der Waals surface area (Å²) in [5, 5.41) is 3.51. The molecule has 0 amide bonds. The second kappa shape index (κ2) is 4.04. The molecular weight excluding hydrogens is 212 g/mol. The summed E-state index contributed by atoms with van der Waals surface area (Å²) in [7, 11) is 0. The molecule has 2 aromatic rings. The zero-order valence-corrected chi connectivity index (χ0v) is 8.49. The Balaban J connectivity index is 2.38. The van der Waals surface area contributed by atoms with E-state index in [0.29, 0.717) is 12.1 Å². The molecule has 0 aliphatic rings. The lowest BCUT2D eigenvalue weighted by molar-refractivity contribution is 0.0131. The first-order chi connectivity index (χ1) is 7.64. The second-order valence-corrected chi connectivity index (χ2v) is 3.37. The average molecular weight is 222 g/mol. The first-order valence-corrected chi connectivity index (χ1v) is 4.83. The first-order valence-electron chi connectivity index (χ1n) is 4.83. The third-order valence-corrected chi connectivity index (χ3v) is 2.26. The van der Waals surface area contributed by atoms with E-state index < -0.39 is 11.7 Å². The van der Waals surface area contributed by atoms with Crippen LogP contribution in [0.1, 0.15) is 17.0 Å². The zero-order valence-electron chi connectivity index (χ0n) is 8.49. The highest BCUT2D eigenvalue weighted by atomic mass is 19.3. The van der Waals surface area contributed by atoms with Gasteiger partial charge in [0.15, 0.2) is 0 Å². The minimum absolute atomic E-state index is 0.109. The fourth-order valence-electron chi connectivity index (χ4n) is 1.37. The number of rotatable bonds is 3. The van der Waals surface area contributed by atoms with Gasteiger partial charge >= 0.3 is 5.92 Å². The van der Waals surface area contributed by atoms with Crippen molar-refractivity contribution in [2.75, 3.05) is 0 Å². The van der Waals surface area contributed by atoms with Gasteiger partial charge in [-0.05, 0) is 13.3 Å². The van der Waals surface area contributed by atoms with Crippen molar-refractivity contribution in [1.82, 2.24) is 5.16 Å². The topological polar surface area (TPSA) is 26.0 Å². The molecule has 1 radical (unpaired) electrons. The number of aromatic nitrogens is 1. The summed E-state index contributed by atoms with van der Waals surface area (Å²) in [6.45, 7) is 3.56. The lowest BCUT2D eigenvalue weighted by atomic mass is 10.1. The summed E-state index contributed by atoms with van der Waals surface area (Å²) in [6, 6.07) is 8.74. The lowest BCUT2D eigenvalue weighted by Crippen LogP contribution is -2.13. The minimum Gasteiger partial charge on any atom is -0.354 e. The van der Waals surface area contributed by atoms with Crippen LogP contribution < -0.4 is 0 Å². The van der Waals surface area contributed by atoms with Crippen molar-refractivity contribution in [2.45, 2.75) is 12.3 Å². The fraction of sp³-hybridized carbons (Fsp3) is 0.167. The summed E-state index contributed by atoms with van der Waals surface area (Å²) in [4.78, 5) is 0. The monoisotopic (exact) mass is 222 g/mol. The Morgan fingerprint density at radius 1 is 1.25 bits per heavy atom. The van der Waals surface area contributed by atoms with Gasteiger partial charge in [0, 0.05) is 11.6 Å². The SMILES string of the molecule is [CH2]Cc1cc(C(F)(F)c2ccccc2)on1. The number of hydrogen-bond donors (Lipinski definition) is 0. The zero-order chi connectivity index (χ0) is 11.6. The number of halogens is 2. The van der Waals surface area contributed by atoms with Crippen molar-refractivity contribution in [3.05, 3.63) is 60.3 Å². The maximum absolute atomic E-state index is 13.9. The van der Waals surface area contributed by atoms with Crippen LogP contribution in [0.4, 0.5) is 8.78 Å². The van der Waals surface area contributed by atoms with Gasteiger partial charge < -0.3 is 4.52 Å². The Kier molecular flexibility index (Phi) is 2.73. The Labute approximate surface area is 91.9 Å². The predicted octanol–water partition coefficient (Wildman–Crippen LogP) is 3.19. The van der Waals surface area contributed by atoms with Crippen molar-refractivity contribution in [2.24, 2.45) is 0 Å². The summed E-state index contributed by atoms with van der Waals surface area (Å²) >= 11 is 0. The van der Waals surface area contributed by atoms with Gasteiger partial charge in [-0.2, -0.15) is 8.78 Å². The molecule has 0 saturated carbocycles. The van der Waals surface area contributed by atoms with Crippen LogP contribution in [0.25, 0.3) is 0 Å². The smallest absolute Gasteiger partial charge is 0.332 e. The summed E-state index contributed by atoms with van der Waals surface area (Å²) in [6.07, 6.45) is 0.328. The Bertz CT molecular complexity index is 465. The highest BCUT2D eigenvalue weighted by Crippen LogP contribution is 2.35. The van der Waals surface area contributed by atoms with E-state index in [1.807, 2.05) is 0 Å². The van der Waals surface area contributed by atoms with Gasteiger partial charge in [-0.25, -0.2) is 0 Å².